The minimum atomic E-state index is -4.57. The number of hydrogen-bond acceptors (Lipinski definition) is 6. The van der Waals surface area contributed by atoms with Crippen molar-refractivity contribution in [3.63, 3.8) is 0 Å². The molecule has 42 heavy (non-hydrogen) atoms. The lowest BCUT2D eigenvalue weighted by molar-refractivity contribution is -0.138. The molecule has 0 radical (unpaired) electrons. The van der Waals surface area contributed by atoms with E-state index in [1.807, 2.05) is 0 Å². The maximum absolute atomic E-state index is 13.0. The van der Waals surface area contributed by atoms with Crippen molar-refractivity contribution >= 4 is 63.2 Å². The van der Waals surface area contributed by atoms with Crippen molar-refractivity contribution in [3.05, 3.63) is 107 Å². The number of nitrogens with two attached hydrogens (primary N) is 1. The lowest BCUT2D eigenvalue weighted by Gasteiger charge is -2.15. The van der Waals surface area contributed by atoms with Gasteiger partial charge in [0.05, 0.1) is 22.5 Å². The van der Waals surface area contributed by atoms with Crippen LogP contribution in [0.5, 0.6) is 0 Å². The Morgan fingerprint density at radius 2 is 1.21 bits per heavy atom. The molecule has 4 rings (SSSR count). The third-order valence-electron chi connectivity index (χ3n) is 5.11. The Labute approximate surface area is 245 Å². The maximum Gasteiger partial charge on any atom is 0.419 e. The van der Waals surface area contributed by atoms with Crippen LogP contribution in [-0.4, -0.2) is 15.9 Å². The second kappa shape index (κ2) is 13.4. The van der Waals surface area contributed by atoms with E-state index >= 15 is 0 Å². The topological polar surface area (TPSA) is 105 Å². The van der Waals surface area contributed by atoms with Gasteiger partial charge < -0.3 is 21.7 Å². The number of rotatable bonds is 6. The Bertz CT molecular complexity index is 1580. The Kier molecular flexibility index (Phi) is 10.3. The van der Waals surface area contributed by atoms with E-state index in [1.165, 1.54) is 12.1 Å². The Morgan fingerprint density at radius 1 is 0.762 bits per heavy atom. The van der Waals surface area contributed by atoms with Crippen LogP contribution < -0.4 is 21.7 Å². The average Bonchev–Trinajstić information content (AvgIpc) is 2.88. The predicted molar refractivity (Wildman–Crippen MR) is 151 cm³/mol. The monoisotopic (exact) mass is 628 g/mol. The first-order valence-electron chi connectivity index (χ1n) is 11.5. The summed E-state index contributed by atoms with van der Waals surface area (Å²) >= 11 is 11.3. The minimum absolute atomic E-state index is 0.0283. The number of halogens is 8. The summed E-state index contributed by atoms with van der Waals surface area (Å²) in [6, 6.07) is 14.8. The van der Waals surface area contributed by atoms with Crippen LogP contribution in [0.25, 0.3) is 0 Å². The molecule has 2 aromatic carbocycles. The fourth-order valence-corrected chi connectivity index (χ4v) is 3.63. The van der Waals surface area contributed by atoms with Crippen molar-refractivity contribution in [1.29, 1.82) is 0 Å². The molecule has 4 aromatic rings. The number of nitrogens with one attached hydrogen (secondary N) is 3. The summed E-state index contributed by atoms with van der Waals surface area (Å²) in [5, 5.41) is 7.68. The molecule has 5 N–H and O–H groups in total. The van der Waals surface area contributed by atoms with Crippen molar-refractivity contribution in [1.82, 2.24) is 9.97 Å². The van der Waals surface area contributed by atoms with Gasteiger partial charge in [-0.25, -0.2) is 9.97 Å². The number of pyridine rings is 2. The van der Waals surface area contributed by atoms with Gasteiger partial charge in [0.1, 0.15) is 10.3 Å². The number of aromatic nitrogens is 2. The second-order valence-electron chi connectivity index (χ2n) is 8.25. The molecular formula is C27H20Cl2F6N6O. The van der Waals surface area contributed by atoms with E-state index in [1.54, 1.807) is 36.4 Å². The third kappa shape index (κ3) is 9.28. The van der Waals surface area contributed by atoms with Crippen molar-refractivity contribution in [2.75, 3.05) is 21.7 Å². The van der Waals surface area contributed by atoms with Crippen LogP contribution in [0, 0.1) is 0 Å². The molecule has 0 fully saturated rings. The average molecular weight is 629 g/mol. The number of carbonyl (C=O) groups is 1. The molecule has 0 aliphatic carbocycles. The third-order valence-corrected chi connectivity index (χ3v) is 5.53. The zero-order chi connectivity index (χ0) is 31.1. The molecule has 0 aliphatic heterocycles. The SMILES string of the molecule is C=CC(=O)Nc1cccc(Nc2cc(Cl)ncc2C(F)(F)F)c1.Nc1cccc(Nc2cc(Cl)ncc2C(F)(F)F)c1. The van der Waals surface area contributed by atoms with Gasteiger partial charge in [0, 0.05) is 35.1 Å². The molecule has 0 spiro atoms. The van der Waals surface area contributed by atoms with Crippen molar-refractivity contribution in [2.24, 2.45) is 0 Å². The van der Waals surface area contributed by atoms with Crippen LogP contribution in [0.3, 0.4) is 0 Å². The first-order chi connectivity index (χ1) is 19.7. The molecule has 0 bridgehead atoms. The van der Waals surface area contributed by atoms with Crippen LogP contribution >= 0.6 is 23.2 Å². The molecule has 0 saturated carbocycles. The molecule has 2 aromatic heterocycles. The largest absolute Gasteiger partial charge is 0.419 e. The zero-order valence-corrected chi connectivity index (χ0v) is 22.6. The van der Waals surface area contributed by atoms with Crippen LogP contribution in [0.15, 0.2) is 85.7 Å². The number of nitrogen functional groups attached to an aromatic ring is 1. The van der Waals surface area contributed by atoms with Gasteiger partial charge in [0.2, 0.25) is 5.91 Å². The Hall–Kier alpha value is -4.49. The summed E-state index contributed by atoms with van der Waals surface area (Å²) < 4.78 is 77.4. The molecule has 1 amide bonds. The number of nitrogens with zero attached hydrogens (tertiary/aromatic N) is 2. The molecule has 0 unspecified atom stereocenters. The number of carbonyl (C=O) groups excluding carboxylic acids is 1. The van der Waals surface area contributed by atoms with E-state index in [9.17, 15) is 31.1 Å². The first kappa shape index (κ1) is 32.0. The van der Waals surface area contributed by atoms with Gasteiger partial charge in [-0.2, -0.15) is 26.3 Å². The summed E-state index contributed by atoms with van der Waals surface area (Å²) in [5.41, 5.74) is 4.97. The van der Waals surface area contributed by atoms with Gasteiger partial charge in [-0.15, -0.1) is 0 Å². The van der Waals surface area contributed by atoms with Crippen LogP contribution in [0.1, 0.15) is 11.1 Å². The number of amides is 1. The molecule has 0 saturated heterocycles. The minimum Gasteiger partial charge on any atom is -0.399 e. The quantitative estimate of drug-likeness (QED) is 0.0737. The maximum atomic E-state index is 13.0. The summed E-state index contributed by atoms with van der Waals surface area (Å²) in [4.78, 5) is 18.2. The van der Waals surface area contributed by atoms with Crippen LogP contribution in [-0.2, 0) is 17.1 Å². The Balaban J connectivity index is 0.000000235. The van der Waals surface area contributed by atoms with Crippen molar-refractivity contribution in [2.45, 2.75) is 12.4 Å². The van der Waals surface area contributed by atoms with Gasteiger partial charge in [0.15, 0.2) is 0 Å². The van der Waals surface area contributed by atoms with Gasteiger partial charge in [-0.1, -0.05) is 41.9 Å². The van der Waals surface area contributed by atoms with Crippen LogP contribution in [0.4, 0.5) is 60.5 Å². The molecule has 15 heteroatoms. The molecule has 7 nitrogen and oxygen atoms in total. The van der Waals surface area contributed by atoms with E-state index in [-0.39, 0.29) is 21.7 Å². The lowest BCUT2D eigenvalue weighted by atomic mass is 10.2. The molecule has 220 valence electrons. The van der Waals surface area contributed by atoms with Gasteiger partial charge in [-0.05, 0) is 54.6 Å². The van der Waals surface area contributed by atoms with Crippen molar-refractivity contribution in [3.8, 4) is 0 Å². The summed E-state index contributed by atoms with van der Waals surface area (Å²) in [6.07, 6.45) is -6.65. The van der Waals surface area contributed by atoms with E-state index in [2.05, 4.69) is 32.5 Å². The van der Waals surface area contributed by atoms with Crippen LogP contribution in [0.2, 0.25) is 10.3 Å². The first-order valence-corrected chi connectivity index (χ1v) is 12.3. The summed E-state index contributed by atoms with van der Waals surface area (Å²) in [6.45, 7) is 3.32. The van der Waals surface area contributed by atoms with Gasteiger partial charge >= 0.3 is 12.4 Å². The highest BCUT2D eigenvalue weighted by atomic mass is 35.5. The number of benzene rings is 2. The normalized spacial score (nSPS) is 11.1. The van der Waals surface area contributed by atoms with Gasteiger partial charge in [-0.3, -0.25) is 4.79 Å². The van der Waals surface area contributed by atoms with E-state index in [0.29, 0.717) is 35.1 Å². The Morgan fingerprint density at radius 3 is 1.67 bits per heavy atom. The summed E-state index contributed by atoms with van der Waals surface area (Å²) in [7, 11) is 0. The fraction of sp³-hybridized carbons (Fsp3) is 0.0741. The fourth-order valence-electron chi connectivity index (χ4n) is 3.31. The molecular weight excluding hydrogens is 609 g/mol. The highest BCUT2D eigenvalue weighted by Crippen LogP contribution is 2.38. The van der Waals surface area contributed by atoms with E-state index in [0.717, 1.165) is 18.2 Å². The van der Waals surface area contributed by atoms with E-state index in [4.69, 9.17) is 28.9 Å². The van der Waals surface area contributed by atoms with Gasteiger partial charge in [0.25, 0.3) is 0 Å². The zero-order valence-electron chi connectivity index (χ0n) is 21.1. The summed E-state index contributed by atoms with van der Waals surface area (Å²) in [5.74, 6) is -0.426. The molecule has 0 aliphatic rings. The number of hydrogen-bond donors (Lipinski definition) is 4. The highest BCUT2D eigenvalue weighted by Gasteiger charge is 2.35. The highest BCUT2D eigenvalue weighted by molar-refractivity contribution is 6.30. The van der Waals surface area contributed by atoms with Crippen molar-refractivity contribution < 1.29 is 31.1 Å². The predicted octanol–water partition coefficient (Wildman–Crippen LogP) is 8.70. The lowest BCUT2D eigenvalue weighted by Crippen LogP contribution is -2.10. The molecule has 2 heterocycles. The van der Waals surface area contributed by atoms with E-state index < -0.39 is 29.4 Å². The second-order valence-corrected chi connectivity index (χ2v) is 9.02. The smallest absolute Gasteiger partial charge is 0.399 e. The number of alkyl halides is 6. The standard InChI is InChI=1S/C15H11ClF3N3O.C12H9ClF3N3/c1-2-14(23)22-10-5-3-4-9(6-10)21-12-7-13(16)20-8-11(12)15(17,18)19;13-11-5-10(9(6-18-11)12(14,15)16)19-8-3-1-2-7(17)4-8/h2-8H,1H2,(H,20,21)(H,22,23);1-6H,17H2,(H,18,19). The number of anilines is 6. The molecule has 0 atom stereocenters.